The van der Waals surface area contributed by atoms with Gasteiger partial charge in [0.1, 0.15) is 0 Å². The van der Waals surface area contributed by atoms with E-state index in [1.807, 2.05) is 11.0 Å². The fourth-order valence-electron chi connectivity index (χ4n) is 5.54. The molecule has 0 aliphatic carbocycles. The van der Waals surface area contributed by atoms with Crippen molar-refractivity contribution in [3.05, 3.63) is 87.7 Å². The molecule has 33 heavy (non-hydrogen) atoms. The minimum atomic E-state index is -0.557. The van der Waals surface area contributed by atoms with Crippen molar-refractivity contribution in [2.45, 2.75) is 46.3 Å². The fourth-order valence-corrected chi connectivity index (χ4v) is 5.54. The van der Waals surface area contributed by atoms with Crippen LogP contribution in [0.15, 0.2) is 48.5 Å². The number of amides is 1. The van der Waals surface area contributed by atoms with Gasteiger partial charge in [-0.2, -0.15) is 0 Å². The second-order valence-electron chi connectivity index (χ2n) is 9.65. The number of aryl methyl sites for hydroxylation is 3. The van der Waals surface area contributed by atoms with Crippen molar-refractivity contribution in [3.63, 3.8) is 0 Å². The highest BCUT2D eigenvalue weighted by Crippen LogP contribution is 2.28. The van der Waals surface area contributed by atoms with Crippen LogP contribution < -0.4 is 0 Å². The van der Waals surface area contributed by atoms with Gasteiger partial charge in [-0.15, -0.1) is 0 Å². The van der Waals surface area contributed by atoms with Crippen molar-refractivity contribution in [2.24, 2.45) is 0 Å². The van der Waals surface area contributed by atoms with Crippen LogP contribution >= 0.6 is 0 Å². The molecule has 172 valence electrons. The predicted octanol–water partition coefficient (Wildman–Crippen LogP) is 3.82. The Hall–Kier alpha value is -2.89. The Morgan fingerprint density at radius 1 is 0.909 bits per heavy atom. The number of hydrogen-bond acceptors (Lipinski definition) is 3. The summed E-state index contributed by atoms with van der Waals surface area (Å²) in [5, 5.41) is 10.9. The second-order valence-corrected chi connectivity index (χ2v) is 9.65. The monoisotopic (exact) mass is 443 g/mol. The van der Waals surface area contributed by atoms with Gasteiger partial charge in [0.05, 0.1) is 6.10 Å². The van der Waals surface area contributed by atoms with Gasteiger partial charge in [0.15, 0.2) is 0 Å². The Balaban J connectivity index is 1.30. The molecule has 2 aliphatic rings. The van der Waals surface area contributed by atoms with Crippen LogP contribution in [0.5, 0.6) is 0 Å². The van der Waals surface area contributed by atoms with Crippen LogP contribution in [0.2, 0.25) is 0 Å². The zero-order valence-corrected chi connectivity index (χ0v) is 19.8. The van der Waals surface area contributed by atoms with E-state index in [0.29, 0.717) is 19.6 Å². The number of aromatic nitrogens is 1. The molecule has 3 aromatic rings. The smallest absolute Gasteiger partial charge is 0.254 e. The molecule has 0 bridgehead atoms. The summed E-state index contributed by atoms with van der Waals surface area (Å²) in [6.07, 6.45) is 1.29. The summed E-state index contributed by atoms with van der Waals surface area (Å²) in [7, 11) is 0. The number of β-amino-alcohol motifs (C(OH)–C–C–N with tert-alkyl or cyclic N) is 1. The lowest BCUT2D eigenvalue weighted by Crippen LogP contribution is -2.46. The molecule has 5 nitrogen and oxygen atoms in total. The molecule has 0 fully saturated rings. The van der Waals surface area contributed by atoms with Gasteiger partial charge >= 0.3 is 0 Å². The van der Waals surface area contributed by atoms with E-state index in [2.05, 4.69) is 72.7 Å². The third kappa shape index (κ3) is 4.23. The summed E-state index contributed by atoms with van der Waals surface area (Å²) in [5.41, 5.74) is 9.19. The highest BCUT2D eigenvalue weighted by molar-refractivity contribution is 5.97. The van der Waals surface area contributed by atoms with Gasteiger partial charge in [0, 0.05) is 55.4 Å². The highest BCUT2D eigenvalue weighted by atomic mass is 16.3. The number of fused-ring (bicyclic) bond motifs is 2. The third-order valence-corrected chi connectivity index (χ3v) is 7.25. The Bertz CT molecular complexity index is 1180. The fraction of sp³-hybridized carbons (Fsp3) is 0.393. The summed E-state index contributed by atoms with van der Waals surface area (Å²) >= 11 is 0. The largest absolute Gasteiger partial charge is 0.390 e. The van der Waals surface area contributed by atoms with Crippen LogP contribution in [0.25, 0.3) is 5.69 Å². The Morgan fingerprint density at radius 2 is 1.64 bits per heavy atom. The molecule has 1 amide bonds. The third-order valence-electron chi connectivity index (χ3n) is 7.25. The molecule has 1 aromatic heterocycles. The van der Waals surface area contributed by atoms with E-state index in [-0.39, 0.29) is 5.91 Å². The Morgan fingerprint density at radius 3 is 2.39 bits per heavy atom. The lowest BCUT2D eigenvalue weighted by Gasteiger charge is -2.34. The van der Waals surface area contributed by atoms with Gasteiger partial charge in [0.25, 0.3) is 5.91 Å². The van der Waals surface area contributed by atoms with Crippen LogP contribution in [0, 0.1) is 20.8 Å². The molecular formula is C28H33N3O2. The van der Waals surface area contributed by atoms with Crippen molar-refractivity contribution < 1.29 is 9.90 Å². The first kappa shape index (κ1) is 21.9. The number of benzene rings is 2. The lowest BCUT2D eigenvalue weighted by molar-refractivity contribution is 0.0492. The summed E-state index contributed by atoms with van der Waals surface area (Å²) < 4.78 is 2.20. The lowest BCUT2D eigenvalue weighted by atomic mass is 9.93. The maximum Gasteiger partial charge on any atom is 0.254 e. The SMILES string of the molecule is Cc1cc(-n2c(C)ccc2C)cc2c1CCN(CC(O)CN1CCc3ccccc3C1)C2=O. The van der Waals surface area contributed by atoms with E-state index >= 15 is 0 Å². The summed E-state index contributed by atoms with van der Waals surface area (Å²) in [6.45, 7) is 9.71. The number of carbonyl (C=O) groups is 1. The first-order valence-corrected chi connectivity index (χ1v) is 12.0. The van der Waals surface area contributed by atoms with Gasteiger partial charge < -0.3 is 14.6 Å². The molecule has 5 rings (SSSR count). The van der Waals surface area contributed by atoms with Crippen LogP contribution in [-0.4, -0.2) is 57.7 Å². The molecule has 1 N–H and O–H groups in total. The van der Waals surface area contributed by atoms with E-state index in [1.54, 1.807) is 0 Å². The van der Waals surface area contributed by atoms with Gasteiger partial charge in [-0.05, 0) is 80.1 Å². The van der Waals surface area contributed by atoms with E-state index in [0.717, 1.165) is 59.7 Å². The molecule has 5 heteroatoms. The standard InChI is InChI=1S/C28H33N3O2/c1-19-14-24(31-20(2)8-9-21(31)3)15-27-26(19)11-13-30(28(27)33)18-25(32)17-29-12-10-22-6-4-5-7-23(22)16-29/h4-9,14-15,25,32H,10-13,16-18H2,1-3H3. The zero-order valence-electron chi connectivity index (χ0n) is 19.8. The van der Waals surface area contributed by atoms with Crippen molar-refractivity contribution >= 4 is 5.91 Å². The Labute approximate surface area is 196 Å². The van der Waals surface area contributed by atoms with Crippen molar-refractivity contribution in [2.75, 3.05) is 26.2 Å². The van der Waals surface area contributed by atoms with Crippen LogP contribution in [0.1, 0.15) is 44.0 Å². The van der Waals surface area contributed by atoms with E-state index < -0.39 is 6.10 Å². The minimum absolute atomic E-state index is 0.0340. The zero-order chi connectivity index (χ0) is 23.1. The predicted molar refractivity (Wildman–Crippen MR) is 131 cm³/mol. The van der Waals surface area contributed by atoms with Crippen LogP contribution in [0.3, 0.4) is 0 Å². The van der Waals surface area contributed by atoms with Gasteiger partial charge in [-0.1, -0.05) is 24.3 Å². The van der Waals surface area contributed by atoms with Crippen LogP contribution in [0.4, 0.5) is 0 Å². The molecule has 2 aliphatic heterocycles. The number of aliphatic hydroxyl groups is 1. The molecule has 2 aromatic carbocycles. The second kappa shape index (κ2) is 8.81. The average Bonchev–Trinajstić information content (AvgIpc) is 3.13. The molecule has 1 atom stereocenters. The maximum atomic E-state index is 13.4. The first-order chi connectivity index (χ1) is 15.9. The van der Waals surface area contributed by atoms with Crippen LogP contribution in [-0.2, 0) is 19.4 Å². The molecule has 1 unspecified atom stereocenters. The summed E-state index contributed by atoms with van der Waals surface area (Å²) in [6, 6.07) is 17.0. The van der Waals surface area contributed by atoms with Crippen molar-refractivity contribution in [3.8, 4) is 5.69 Å². The molecule has 0 spiro atoms. The first-order valence-electron chi connectivity index (χ1n) is 12.0. The van der Waals surface area contributed by atoms with Gasteiger partial charge in [-0.3, -0.25) is 9.69 Å². The summed E-state index contributed by atoms with van der Waals surface area (Å²) in [5.74, 6) is 0.0340. The normalized spacial score (nSPS) is 17.1. The molecule has 0 saturated heterocycles. The topological polar surface area (TPSA) is 48.7 Å². The number of rotatable bonds is 5. The van der Waals surface area contributed by atoms with E-state index in [1.165, 1.54) is 11.1 Å². The molecule has 0 radical (unpaired) electrons. The van der Waals surface area contributed by atoms with Gasteiger partial charge in [-0.25, -0.2) is 0 Å². The number of aliphatic hydroxyl groups excluding tert-OH is 1. The quantitative estimate of drug-likeness (QED) is 0.652. The number of carbonyl (C=O) groups excluding carboxylic acids is 1. The Kier molecular flexibility index (Phi) is 5.85. The average molecular weight is 444 g/mol. The highest BCUT2D eigenvalue weighted by Gasteiger charge is 2.29. The molecular weight excluding hydrogens is 410 g/mol. The summed E-state index contributed by atoms with van der Waals surface area (Å²) in [4.78, 5) is 17.6. The van der Waals surface area contributed by atoms with E-state index in [9.17, 15) is 9.90 Å². The van der Waals surface area contributed by atoms with E-state index in [4.69, 9.17) is 0 Å². The maximum absolute atomic E-state index is 13.4. The molecule has 0 saturated carbocycles. The number of nitrogens with zero attached hydrogens (tertiary/aromatic N) is 3. The van der Waals surface area contributed by atoms with Crippen molar-refractivity contribution in [1.29, 1.82) is 0 Å². The molecule has 3 heterocycles. The minimum Gasteiger partial charge on any atom is -0.390 e. The van der Waals surface area contributed by atoms with Crippen molar-refractivity contribution in [1.82, 2.24) is 14.4 Å². The number of hydrogen-bond donors (Lipinski definition) is 1. The van der Waals surface area contributed by atoms with Gasteiger partial charge in [0.2, 0.25) is 0 Å².